The fourth-order valence-electron chi connectivity index (χ4n) is 1.09. The Morgan fingerprint density at radius 2 is 1.87 bits per heavy atom. The van der Waals surface area contributed by atoms with Crippen molar-refractivity contribution in [3.05, 3.63) is 35.1 Å². The summed E-state index contributed by atoms with van der Waals surface area (Å²) in [4.78, 5) is 0. The summed E-state index contributed by atoms with van der Waals surface area (Å²) in [6, 6.07) is 0.379. The highest BCUT2D eigenvalue weighted by Crippen LogP contribution is 2.31. The van der Waals surface area contributed by atoms with Crippen LogP contribution in [-0.2, 0) is 6.18 Å². The number of nitrogens with two attached hydrogens (primary N) is 1. The van der Waals surface area contributed by atoms with Crippen LogP contribution in [0, 0.1) is 5.82 Å². The second kappa shape index (κ2) is 4.14. The maximum absolute atomic E-state index is 13.0. The van der Waals surface area contributed by atoms with Gasteiger partial charge in [-0.1, -0.05) is 0 Å². The van der Waals surface area contributed by atoms with Crippen LogP contribution in [-0.4, -0.2) is 6.67 Å². The molecule has 0 aliphatic heterocycles. The van der Waals surface area contributed by atoms with Crippen LogP contribution >= 0.6 is 0 Å². The molecule has 0 aromatic heterocycles. The van der Waals surface area contributed by atoms with E-state index >= 15 is 0 Å². The molecule has 84 valence electrons. The van der Waals surface area contributed by atoms with Crippen molar-refractivity contribution in [2.75, 3.05) is 6.67 Å². The summed E-state index contributed by atoms with van der Waals surface area (Å²) >= 11 is 0. The molecule has 1 atom stereocenters. The van der Waals surface area contributed by atoms with Gasteiger partial charge in [0, 0.05) is 5.56 Å². The molecule has 1 aromatic rings. The Labute approximate surface area is 82.7 Å². The quantitative estimate of drug-likeness (QED) is 0.769. The first kappa shape index (κ1) is 11.9. The predicted molar refractivity (Wildman–Crippen MR) is 44.3 cm³/mol. The van der Waals surface area contributed by atoms with Gasteiger partial charge in [0.2, 0.25) is 0 Å². The van der Waals surface area contributed by atoms with E-state index in [9.17, 15) is 22.0 Å². The largest absolute Gasteiger partial charge is 0.416 e. The molecule has 0 radical (unpaired) electrons. The van der Waals surface area contributed by atoms with Crippen molar-refractivity contribution < 1.29 is 22.0 Å². The number of hydrogen-bond donors (Lipinski definition) is 1. The first-order valence-electron chi connectivity index (χ1n) is 4.04. The van der Waals surface area contributed by atoms with Gasteiger partial charge < -0.3 is 5.73 Å². The summed E-state index contributed by atoms with van der Waals surface area (Å²) < 4.78 is 61.7. The predicted octanol–water partition coefficient (Wildman–Crippen LogP) is 2.81. The lowest BCUT2D eigenvalue weighted by molar-refractivity contribution is -0.137. The van der Waals surface area contributed by atoms with Gasteiger partial charge in [0.1, 0.15) is 12.5 Å². The zero-order valence-corrected chi connectivity index (χ0v) is 7.48. The minimum absolute atomic E-state index is 0.465. The first-order chi connectivity index (χ1) is 6.86. The summed E-state index contributed by atoms with van der Waals surface area (Å²) in [5, 5.41) is 0. The second-order valence-electron chi connectivity index (χ2n) is 2.99. The minimum atomic E-state index is -4.58. The number of halogens is 5. The smallest absolute Gasteiger partial charge is 0.322 e. The maximum atomic E-state index is 13.0. The third-order valence-electron chi connectivity index (χ3n) is 1.89. The van der Waals surface area contributed by atoms with Crippen molar-refractivity contribution in [2.45, 2.75) is 12.2 Å². The van der Waals surface area contributed by atoms with Crippen LogP contribution in [0.3, 0.4) is 0 Å². The average Bonchev–Trinajstić information content (AvgIpc) is 2.15. The fourth-order valence-corrected chi connectivity index (χ4v) is 1.09. The number of hydrogen-bond acceptors (Lipinski definition) is 1. The Morgan fingerprint density at radius 3 is 2.33 bits per heavy atom. The summed E-state index contributed by atoms with van der Waals surface area (Å²) in [6.07, 6.45) is -4.58. The van der Waals surface area contributed by atoms with E-state index in [0.29, 0.717) is 18.2 Å². The van der Waals surface area contributed by atoms with E-state index < -0.39 is 35.8 Å². The van der Waals surface area contributed by atoms with Crippen molar-refractivity contribution in [3.8, 4) is 0 Å². The highest BCUT2D eigenvalue weighted by molar-refractivity contribution is 5.29. The van der Waals surface area contributed by atoms with E-state index in [1.807, 2.05) is 0 Å². The van der Waals surface area contributed by atoms with Gasteiger partial charge in [-0.25, -0.2) is 8.78 Å². The van der Waals surface area contributed by atoms with E-state index in [2.05, 4.69) is 0 Å². The Hall–Kier alpha value is -1.17. The molecular weight excluding hydrogens is 217 g/mol. The Kier molecular flexibility index (Phi) is 3.28. The molecule has 0 saturated heterocycles. The van der Waals surface area contributed by atoms with Crippen LogP contribution in [0.5, 0.6) is 0 Å². The molecule has 0 heterocycles. The Balaban J connectivity index is 3.17. The van der Waals surface area contributed by atoms with Crippen molar-refractivity contribution in [3.63, 3.8) is 0 Å². The maximum Gasteiger partial charge on any atom is 0.416 e. The molecule has 0 spiro atoms. The molecule has 1 aromatic carbocycles. The number of alkyl halides is 4. The van der Waals surface area contributed by atoms with E-state index in [4.69, 9.17) is 5.73 Å². The normalized spacial score (nSPS) is 14.0. The lowest BCUT2D eigenvalue weighted by Gasteiger charge is -2.12. The van der Waals surface area contributed by atoms with Crippen LogP contribution in [0.4, 0.5) is 22.0 Å². The van der Waals surface area contributed by atoms with Crippen molar-refractivity contribution in [2.24, 2.45) is 5.73 Å². The van der Waals surface area contributed by atoms with Crippen LogP contribution in [0.25, 0.3) is 0 Å². The van der Waals surface area contributed by atoms with Crippen molar-refractivity contribution >= 4 is 0 Å². The molecule has 0 aliphatic rings. The summed E-state index contributed by atoms with van der Waals surface area (Å²) in [7, 11) is 0. The van der Waals surface area contributed by atoms with Crippen LogP contribution < -0.4 is 5.73 Å². The molecule has 0 amide bonds. The molecule has 0 unspecified atom stereocenters. The molecule has 0 fully saturated rings. The molecule has 6 heteroatoms. The summed E-state index contributed by atoms with van der Waals surface area (Å²) in [5.41, 5.74) is 3.62. The molecule has 1 rings (SSSR count). The molecule has 0 aliphatic carbocycles. The monoisotopic (exact) mass is 225 g/mol. The topological polar surface area (TPSA) is 26.0 Å². The van der Waals surface area contributed by atoms with Crippen LogP contribution in [0.2, 0.25) is 0 Å². The van der Waals surface area contributed by atoms with E-state index in [0.717, 1.165) is 0 Å². The summed E-state index contributed by atoms with van der Waals surface area (Å²) in [6.45, 7) is -1.11. The van der Waals surface area contributed by atoms with E-state index in [1.165, 1.54) is 0 Å². The second-order valence-corrected chi connectivity index (χ2v) is 2.99. The average molecular weight is 225 g/mol. The minimum Gasteiger partial charge on any atom is -0.322 e. The van der Waals surface area contributed by atoms with Gasteiger partial charge in [-0.3, -0.25) is 0 Å². The lowest BCUT2D eigenvalue weighted by atomic mass is 10.0. The van der Waals surface area contributed by atoms with Crippen molar-refractivity contribution in [1.29, 1.82) is 0 Å². The van der Waals surface area contributed by atoms with Crippen LogP contribution in [0.1, 0.15) is 17.2 Å². The molecule has 0 saturated carbocycles. The Bertz CT molecular complexity index is 347. The van der Waals surface area contributed by atoms with E-state index in [-0.39, 0.29) is 0 Å². The van der Waals surface area contributed by atoms with Gasteiger partial charge >= 0.3 is 6.18 Å². The number of benzene rings is 1. The highest BCUT2D eigenvalue weighted by Gasteiger charge is 2.31. The molecule has 2 N–H and O–H groups in total. The van der Waals surface area contributed by atoms with Gasteiger partial charge in [0.05, 0.1) is 11.6 Å². The third-order valence-corrected chi connectivity index (χ3v) is 1.89. The SMILES string of the molecule is N[C@H](CF)c1cc(C(F)(F)F)ccc1F. The first-order valence-corrected chi connectivity index (χ1v) is 4.04. The lowest BCUT2D eigenvalue weighted by Crippen LogP contribution is -2.16. The van der Waals surface area contributed by atoms with Gasteiger partial charge in [-0.15, -0.1) is 0 Å². The zero-order valence-electron chi connectivity index (χ0n) is 7.48. The van der Waals surface area contributed by atoms with Crippen molar-refractivity contribution in [1.82, 2.24) is 0 Å². The molecule has 0 bridgehead atoms. The number of rotatable bonds is 2. The van der Waals surface area contributed by atoms with Gasteiger partial charge in [0.15, 0.2) is 0 Å². The standard InChI is InChI=1S/C9H8F5N/c10-4-8(15)6-3-5(9(12,13)14)1-2-7(6)11/h1-3,8H,4,15H2/t8-/m1/s1. The highest BCUT2D eigenvalue weighted by atomic mass is 19.4. The fraction of sp³-hybridized carbons (Fsp3) is 0.333. The van der Waals surface area contributed by atoms with Gasteiger partial charge in [-0.2, -0.15) is 13.2 Å². The Morgan fingerprint density at radius 1 is 1.27 bits per heavy atom. The zero-order chi connectivity index (χ0) is 11.6. The van der Waals surface area contributed by atoms with Crippen LogP contribution in [0.15, 0.2) is 18.2 Å². The summed E-state index contributed by atoms with van der Waals surface area (Å²) in [5.74, 6) is -0.937. The third kappa shape index (κ3) is 2.65. The van der Waals surface area contributed by atoms with E-state index in [1.54, 1.807) is 0 Å². The molecule has 1 nitrogen and oxygen atoms in total. The molecule has 15 heavy (non-hydrogen) atoms. The van der Waals surface area contributed by atoms with Gasteiger partial charge in [-0.05, 0) is 18.2 Å². The molecular formula is C9H8F5N. The van der Waals surface area contributed by atoms with Gasteiger partial charge in [0.25, 0.3) is 0 Å².